The molecule has 29 heavy (non-hydrogen) atoms. The fraction of sp³-hybridized carbons (Fsp3) is 0.263. The predicted octanol–water partition coefficient (Wildman–Crippen LogP) is 2.39. The van der Waals surface area contributed by atoms with Crippen molar-refractivity contribution in [2.24, 2.45) is 0 Å². The fourth-order valence-electron chi connectivity index (χ4n) is 2.44. The zero-order chi connectivity index (χ0) is 21.6. The van der Waals surface area contributed by atoms with Crippen molar-refractivity contribution in [1.82, 2.24) is 10.0 Å². The molecule has 0 aliphatic heterocycles. The van der Waals surface area contributed by atoms with Crippen LogP contribution in [0, 0.1) is 0 Å². The molecule has 156 valence electrons. The van der Waals surface area contributed by atoms with Crippen LogP contribution < -0.4 is 25.4 Å². The highest BCUT2D eigenvalue weighted by molar-refractivity contribution is 7.89. The molecule has 2 rings (SSSR count). The Hall–Kier alpha value is -3.11. The topological polar surface area (TPSA) is 126 Å². The van der Waals surface area contributed by atoms with Crippen LogP contribution in [0.15, 0.2) is 47.4 Å². The zero-order valence-electron chi connectivity index (χ0n) is 16.6. The summed E-state index contributed by atoms with van der Waals surface area (Å²) < 4.78 is 32.7. The second kappa shape index (κ2) is 9.39. The second-order valence-electron chi connectivity index (χ2n) is 6.38. The number of ether oxygens (including phenoxy) is 1. The molecule has 10 heteroatoms. The van der Waals surface area contributed by atoms with Gasteiger partial charge in [-0.3, -0.25) is 4.79 Å². The predicted molar refractivity (Wildman–Crippen MR) is 111 cm³/mol. The van der Waals surface area contributed by atoms with E-state index in [0.29, 0.717) is 11.4 Å². The summed E-state index contributed by atoms with van der Waals surface area (Å²) in [5.41, 5.74) is 1.19. The van der Waals surface area contributed by atoms with Gasteiger partial charge in [0, 0.05) is 30.0 Å². The van der Waals surface area contributed by atoms with Crippen LogP contribution in [0.25, 0.3) is 0 Å². The van der Waals surface area contributed by atoms with Gasteiger partial charge in [0.1, 0.15) is 10.6 Å². The molecule has 0 aliphatic rings. The SMILES string of the molecule is CNC(=O)Nc1ccc(NC(=O)c2ccc(OC)c(S(=O)(=O)NC(C)C)c2)cc1. The summed E-state index contributed by atoms with van der Waals surface area (Å²) in [5.74, 6) is -0.347. The number of carbonyl (C=O) groups excluding carboxylic acids is 2. The molecule has 3 amide bonds. The van der Waals surface area contributed by atoms with E-state index in [0.717, 1.165) is 0 Å². The van der Waals surface area contributed by atoms with Gasteiger partial charge in [-0.25, -0.2) is 17.9 Å². The van der Waals surface area contributed by atoms with Gasteiger partial charge < -0.3 is 20.7 Å². The average molecular weight is 420 g/mol. The number of nitrogens with one attached hydrogen (secondary N) is 4. The minimum Gasteiger partial charge on any atom is -0.495 e. The van der Waals surface area contributed by atoms with Crippen LogP contribution in [0.4, 0.5) is 16.2 Å². The first-order valence-electron chi connectivity index (χ1n) is 8.76. The lowest BCUT2D eigenvalue weighted by Gasteiger charge is -2.14. The van der Waals surface area contributed by atoms with Gasteiger partial charge in [-0.05, 0) is 56.3 Å². The fourth-order valence-corrected chi connectivity index (χ4v) is 3.88. The van der Waals surface area contributed by atoms with Crippen molar-refractivity contribution < 1.29 is 22.7 Å². The largest absolute Gasteiger partial charge is 0.495 e. The standard InChI is InChI=1S/C19H24N4O5S/c1-12(2)23-29(26,27)17-11-13(5-10-16(17)28-4)18(24)21-14-6-8-15(9-7-14)22-19(25)20-3/h5-12,23H,1-4H3,(H,21,24)(H2,20,22,25). The number of anilines is 2. The Kier molecular flexibility index (Phi) is 7.18. The molecule has 0 aromatic heterocycles. The average Bonchev–Trinajstić information content (AvgIpc) is 2.67. The van der Waals surface area contributed by atoms with Crippen LogP contribution in [0.3, 0.4) is 0 Å². The summed E-state index contributed by atoms with van der Waals surface area (Å²) in [6, 6.07) is 9.98. The molecule has 9 nitrogen and oxygen atoms in total. The van der Waals surface area contributed by atoms with Crippen LogP contribution in [0.2, 0.25) is 0 Å². The van der Waals surface area contributed by atoms with Gasteiger partial charge in [0.15, 0.2) is 0 Å². The lowest BCUT2D eigenvalue weighted by Crippen LogP contribution is -2.30. The van der Waals surface area contributed by atoms with Crippen molar-refractivity contribution in [3.8, 4) is 5.75 Å². The lowest BCUT2D eigenvalue weighted by molar-refractivity contribution is 0.102. The molecule has 0 saturated carbocycles. The van der Waals surface area contributed by atoms with Crippen molar-refractivity contribution in [2.75, 3.05) is 24.8 Å². The highest BCUT2D eigenvalue weighted by Crippen LogP contribution is 2.25. The van der Waals surface area contributed by atoms with Gasteiger partial charge in [0.25, 0.3) is 5.91 Å². The highest BCUT2D eigenvalue weighted by Gasteiger charge is 2.22. The van der Waals surface area contributed by atoms with E-state index in [1.807, 2.05) is 0 Å². The number of hydrogen-bond donors (Lipinski definition) is 4. The lowest BCUT2D eigenvalue weighted by atomic mass is 10.2. The quantitative estimate of drug-likeness (QED) is 0.547. The molecule has 0 atom stereocenters. The van der Waals surface area contributed by atoms with E-state index in [9.17, 15) is 18.0 Å². The maximum atomic E-state index is 12.6. The van der Waals surface area contributed by atoms with Crippen molar-refractivity contribution >= 4 is 33.3 Å². The van der Waals surface area contributed by atoms with Gasteiger partial charge in [-0.15, -0.1) is 0 Å². The van der Waals surface area contributed by atoms with E-state index in [-0.39, 0.29) is 28.3 Å². The first-order chi connectivity index (χ1) is 13.7. The summed E-state index contributed by atoms with van der Waals surface area (Å²) in [7, 11) is -0.989. The molecule has 0 aliphatic carbocycles. The number of amides is 3. The van der Waals surface area contributed by atoms with Gasteiger partial charge in [-0.2, -0.15) is 0 Å². The monoisotopic (exact) mass is 420 g/mol. The smallest absolute Gasteiger partial charge is 0.318 e. The van der Waals surface area contributed by atoms with Crippen LogP contribution in [0.1, 0.15) is 24.2 Å². The highest BCUT2D eigenvalue weighted by atomic mass is 32.2. The van der Waals surface area contributed by atoms with E-state index < -0.39 is 15.9 Å². The summed E-state index contributed by atoms with van der Waals surface area (Å²) >= 11 is 0. The van der Waals surface area contributed by atoms with E-state index >= 15 is 0 Å². The Morgan fingerprint density at radius 3 is 2.07 bits per heavy atom. The number of benzene rings is 2. The maximum absolute atomic E-state index is 12.6. The summed E-state index contributed by atoms with van der Waals surface area (Å²) in [5, 5.41) is 7.73. The van der Waals surface area contributed by atoms with Crippen molar-refractivity contribution in [3.05, 3.63) is 48.0 Å². The Morgan fingerprint density at radius 2 is 1.55 bits per heavy atom. The molecule has 2 aromatic rings. The normalized spacial score (nSPS) is 11.1. The third-order valence-corrected chi connectivity index (χ3v) is 5.41. The van der Waals surface area contributed by atoms with Gasteiger partial charge in [-0.1, -0.05) is 0 Å². The molecule has 0 heterocycles. The Balaban J connectivity index is 2.23. The van der Waals surface area contributed by atoms with E-state index in [4.69, 9.17) is 4.74 Å². The molecule has 4 N–H and O–H groups in total. The van der Waals surface area contributed by atoms with E-state index in [2.05, 4.69) is 20.7 Å². The van der Waals surface area contributed by atoms with E-state index in [1.165, 1.54) is 32.4 Å². The number of rotatable bonds is 7. The van der Waals surface area contributed by atoms with E-state index in [1.54, 1.807) is 38.1 Å². The number of carbonyl (C=O) groups is 2. The Labute approximate surface area is 169 Å². The Bertz CT molecular complexity index is 988. The van der Waals surface area contributed by atoms with Crippen LogP contribution in [-0.2, 0) is 10.0 Å². The maximum Gasteiger partial charge on any atom is 0.318 e. The van der Waals surface area contributed by atoms with Gasteiger partial charge in [0.05, 0.1) is 7.11 Å². The minimum absolute atomic E-state index is 0.119. The molecular weight excluding hydrogens is 396 g/mol. The number of hydrogen-bond acceptors (Lipinski definition) is 5. The van der Waals surface area contributed by atoms with Crippen molar-refractivity contribution in [2.45, 2.75) is 24.8 Å². The molecule has 0 spiro atoms. The summed E-state index contributed by atoms with van der Waals surface area (Å²) in [4.78, 5) is 23.8. The minimum atomic E-state index is -3.85. The summed E-state index contributed by atoms with van der Waals surface area (Å²) in [6.45, 7) is 3.40. The third-order valence-electron chi connectivity index (χ3n) is 3.73. The molecule has 0 fully saturated rings. The number of sulfonamides is 1. The first-order valence-corrected chi connectivity index (χ1v) is 10.2. The van der Waals surface area contributed by atoms with Crippen LogP contribution in [-0.4, -0.2) is 40.6 Å². The van der Waals surface area contributed by atoms with Gasteiger partial charge in [0.2, 0.25) is 10.0 Å². The van der Waals surface area contributed by atoms with Crippen molar-refractivity contribution in [3.63, 3.8) is 0 Å². The molecular formula is C19H24N4O5S. The van der Waals surface area contributed by atoms with Gasteiger partial charge >= 0.3 is 6.03 Å². The molecule has 0 saturated heterocycles. The third kappa shape index (κ3) is 5.93. The molecule has 0 unspecified atom stereocenters. The second-order valence-corrected chi connectivity index (χ2v) is 8.06. The summed E-state index contributed by atoms with van der Waals surface area (Å²) in [6.07, 6.45) is 0. The Morgan fingerprint density at radius 1 is 0.966 bits per heavy atom. The first kappa shape index (κ1) is 22.2. The molecule has 0 radical (unpaired) electrons. The van der Waals surface area contributed by atoms with Crippen LogP contribution >= 0.6 is 0 Å². The molecule has 0 bridgehead atoms. The number of urea groups is 1. The van der Waals surface area contributed by atoms with Crippen LogP contribution in [0.5, 0.6) is 5.75 Å². The molecule has 2 aromatic carbocycles. The number of methoxy groups -OCH3 is 1. The zero-order valence-corrected chi connectivity index (χ0v) is 17.4. The van der Waals surface area contributed by atoms with Crippen molar-refractivity contribution in [1.29, 1.82) is 0 Å².